The molecule has 1 aliphatic rings. The van der Waals surface area contributed by atoms with Gasteiger partial charge >= 0.3 is 0 Å². The van der Waals surface area contributed by atoms with Gasteiger partial charge in [-0.3, -0.25) is 4.79 Å². The zero-order valence-electron chi connectivity index (χ0n) is 12.6. The molecule has 4 N–H and O–H groups in total. The maximum Gasteiger partial charge on any atom is 0.237 e. The molecule has 0 heterocycles. The average molecular weight is 290 g/mol. The molecule has 1 aromatic rings. The van der Waals surface area contributed by atoms with Crippen LogP contribution in [0.15, 0.2) is 24.3 Å². The number of hydrogen-bond donors (Lipinski definition) is 3. The van der Waals surface area contributed by atoms with Crippen LogP contribution in [0.1, 0.15) is 49.7 Å². The first kappa shape index (κ1) is 16.0. The maximum atomic E-state index is 12.1. The first-order valence-corrected chi connectivity index (χ1v) is 7.91. The van der Waals surface area contributed by atoms with E-state index in [-0.39, 0.29) is 12.5 Å². The lowest BCUT2D eigenvalue weighted by Crippen LogP contribution is -2.41. The summed E-state index contributed by atoms with van der Waals surface area (Å²) in [6.45, 7) is 0.480. The molecule has 1 saturated carbocycles. The molecule has 0 aliphatic heterocycles. The lowest BCUT2D eigenvalue weighted by Gasteiger charge is -2.24. The van der Waals surface area contributed by atoms with Crippen LogP contribution < -0.4 is 11.1 Å². The van der Waals surface area contributed by atoms with E-state index < -0.39 is 6.04 Å². The highest BCUT2D eigenvalue weighted by Crippen LogP contribution is 2.26. The predicted molar refractivity (Wildman–Crippen MR) is 83.4 cm³/mol. The van der Waals surface area contributed by atoms with Crippen molar-refractivity contribution in [2.45, 2.75) is 57.7 Å². The van der Waals surface area contributed by atoms with Crippen molar-refractivity contribution in [1.82, 2.24) is 5.32 Å². The van der Waals surface area contributed by atoms with Crippen LogP contribution in [0, 0.1) is 5.92 Å². The van der Waals surface area contributed by atoms with Crippen LogP contribution in [0.5, 0.6) is 0 Å². The summed E-state index contributed by atoms with van der Waals surface area (Å²) in [6, 6.07) is 7.17. The SMILES string of the molecule is NC(CC1CCCCC1)C(=O)NCc1cccc(CO)c1. The number of nitrogens with one attached hydrogen (secondary N) is 1. The van der Waals surface area contributed by atoms with Crippen LogP contribution in [0.4, 0.5) is 0 Å². The third-order valence-electron chi connectivity index (χ3n) is 4.29. The molecule has 1 amide bonds. The van der Waals surface area contributed by atoms with Crippen molar-refractivity contribution in [2.24, 2.45) is 11.7 Å². The Labute approximate surface area is 126 Å². The molecule has 0 radical (unpaired) electrons. The Morgan fingerprint density at radius 1 is 1.29 bits per heavy atom. The lowest BCUT2D eigenvalue weighted by molar-refractivity contribution is -0.122. The van der Waals surface area contributed by atoms with Crippen molar-refractivity contribution < 1.29 is 9.90 Å². The number of benzene rings is 1. The van der Waals surface area contributed by atoms with Crippen LogP contribution in [-0.4, -0.2) is 17.1 Å². The Hall–Kier alpha value is -1.39. The molecule has 1 aromatic carbocycles. The van der Waals surface area contributed by atoms with Gasteiger partial charge in [-0.15, -0.1) is 0 Å². The minimum Gasteiger partial charge on any atom is -0.392 e. The fourth-order valence-corrected chi connectivity index (χ4v) is 3.05. The minimum atomic E-state index is -0.408. The predicted octanol–water partition coefficient (Wildman–Crippen LogP) is 2.09. The summed E-state index contributed by atoms with van der Waals surface area (Å²) in [4.78, 5) is 12.1. The number of carbonyl (C=O) groups excluding carboxylic acids is 1. The molecule has 1 fully saturated rings. The third kappa shape index (κ3) is 5.14. The summed E-state index contributed by atoms with van der Waals surface area (Å²) in [7, 11) is 0. The highest BCUT2D eigenvalue weighted by molar-refractivity contribution is 5.81. The van der Waals surface area contributed by atoms with Gasteiger partial charge in [0.2, 0.25) is 5.91 Å². The monoisotopic (exact) mass is 290 g/mol. The Bertz CT molecular complexity index is 456. The minimum absolute atomic E-state index is 0.0168. The second-order valence-corrected chi connectivity index (χ2v) is 6.04. The first-order chi connectivity index (χ1) is 10.2. The summed E-state index contributed by atoms with van der Waals surface area (Å²) < 4.78 is 0. The second kappa shape index (κ2) is 8.15. The van der Waals surface area contributed by atoms with E-state index in [1.54, 1.807) is 0 Å². The second-order valence-electron chi connectivity index (χ2n) is 6.04. The van der Waals surface area contributed by atoms with Crippen LogP contribution in [0.3, 0.4) is 0 Å². The van der Waals surface area contributed by atoms with Gasteiger partial charge in [0.25, 0.3) is 0 Å². The molecule has 4 heteroatoms. The number of rotatable bonds is 6. The quantitative estimate of drug-likeness (QED) is 0.751. The number of carbonyl (C=O) groups is 1. The number of hydrogen-bond acceptors (Lipinski definition) is 3. The molecule has 1 atom stereocenters. The van der Waals surface area contributed by atoms with Crippen molar-refractivity contribution in [2.75, 3.05) is 0 Å². The zero-order valence-corrected chi connectivity index (χ0v) is 12.6. The van der Waals surface area contributed by atoms with Crippen LogP contribution >= 0.6 is 0 Å². The number of aliphatic hydroxyl groups excluding tert-OH is 1. The van der Waals surface area contributed by atoms with Gasteiger partial charge in [-0.2, -0.15) is 0 Å². The Balaban J connectivity index is 1.77. The van der Waals surface area contributed by atoms with Crippen molar-refractivity contribution in [3.8, 4) is 0 Å². The fourth-order valence-electron chi connectivity index (χ4n) is 3.05. The molecule has 1 aliphatic carbocycles. The molecule has 0 spiro atoms. The first-order valence-electron chi connectivity index (χ1n) is 7.91. The van der Waals surface area contributed by atoms with Gasteiger partial charge in [0.1, 0.15) is 0 Å². The largest absolute Gasteiger partial charge is 0.392 e. The number of nitrogens with two attached hydrogens (primary N) is 1. The molecule has 116 valence electrons. The summed E-state index contributed by atoms with van der Waals surface area (Å²) in [5.74, 6) is 0.534. The van der Waals surface area contributed by atoms with Crippen molar-refractivity contribution in [3.05, 3.63) is 35.4 Å². The molecule has 4 nitrogen and oxygen atoms in total. The van der Waals surface area contributed by atoms with E-state index in [2.05, 4.69) is 5.32 Å². The zero-order chi connectivity index (χ0) is 15.1. The van der Waals surface area contributed by atoms with E-state index in [1.807, 2.05) is 24.3 Å². The lowest BCUT2D eigenvalue weighted by atomic mass is 9.85. The molecule has 1 unspecified atom stereocenters. The van der Waals surface area contributed by atoms with E-state index in [0.717, 1.165) is 17.5 Å². The van der Waals surface area contributed by atoms with Gasteiger partial charge in [0.05, 0.1) is 12.6 Å². The maximum absolute atomic E-state index is 12.1. The number of aliphatic hydroxyl groups is 1. The van der Waals surface area contributed by atoms with Gasteiger partial charge < -0.3 is 16.2 Å². The summed E-state index contributed by atoms with van der Waals surface area (Å²) >= 11 is 0. The normalized spacial score (nSPS) is 17.4. The molecular weight excluding hydrogens is 264 g/mol. The van der Waals surface area contributed by atoms with Crippen molar-refractivity contribution >= 4 is 5.91 Å². The molecule has 0 bridgehead atoms. The van der Waals surface area contributed by atoms with E-state index >= 15 is 0 Å². The van der Waals surface area contributed by atoms with Gasteiger partial charge in [0.15, 0.2) is 0 Å². The third-order valence-corrected chi connectivity index (χ3v) is 4.29. The Morgan fingerprint density at radius 3 is 2.71 bits per heavy atom. The van der Waals surface area contributed by atoms with Gasteiger partial charge in [-0.1, -0.05) is 56.4 Å². The summed E-state index contributed by atoms with van der Waals surface area (Å²) in [5.41, 5.74) is 7.86. The molecule has 2 rings (SSSR count). The fraction of sp³-hybridized carbons (Fsp3) is 0.588. The van der Waals surface area contributed by atoms with Gasteiger partial charge in [-0.25, -0.2) is 0 Å². The molecule has 0 aromatic heterocycles. The summed E-state index contributed by atoms with van der Waals surface area (Å²) in [6.07, 6.45) is 7.07. The van der Waals surface area contributed by atoms with E-state index in [4.69, 9.17) is 10.8 Å². The van der Waals surface area contributed by atoms with Crippen LogP contribution in [0.2, 0.25) is 0 Å². The topological polar surface area (TPSA) is 75.4 Å². The molecule has 0 saturated heterocycles. The number of amides is 1. The van der Waals surface area contributed by atoms with Crippen molar-refractivity contribution in [1.29, 1.82) is 0 Å². The van der Waals surface area contributed by atoms with E-state index in [1.165, 1.54) is 32.1 Å². The van der Waals surface area contributed by atoms with Gasteiger partial charge in [0, 0.05) is 6.54 Å². The highest BCUT2D eigenvalue weighted by Gasteiger charge is 2.20. The standard InChI is InChI=1S/C17H26N2O2/c18-16(10-13-5-2-1-3-6-13)17(21)19-11-14-7-4-8-15(9-14)12-20/h4,7-9,13,16,20H,1-3,5-6,10-12,18H2,(H,19,21). The van der Waals surface area contributed by atoms with E-state index in [9.17, 15) is 4.79 Å². The highest BCUT2D eigenvalue weighted by atomic mass is 16.3. The summed E-state index contributed by atoms with van der Waals surface area (Å²) in [5, 5.41) is 12.0. The van der Waals surface area contributed by atoms with Gasteiger partial charge in [-0.05, 0) is 23.5 Å². The van der Waals surface area contributed by atoms with E-state index in [0.29, 0.717) is 12.5 Å². The molecule has 21 heavy (non-hydrogen) atoms. The van der Waals surface area contributed by atoms with Crippen molar-refractivity contribution in [3.63, 3.8) is 0 Å². The van der Waals surface area contributed by atoms with Crippen LogP contribution in [-0.2, 0) is 17.9 Å². The van der Waals surface area contributed by atoms with Crippen LogP contribution in [0.25, 0.3) is 0 Å². The smallest absolute Gasteiger partial charge is 0.237 e. The molecular formula is C17H26N2O2. The Morgan fingerprint density at radius 2 is 2.00 bits per heavy atom. The average Bonchev–Trinajstić information content (AvgIpc) is 2.53. The Kier molecular flexibility index (Phi) is 6.21.